The van der Waals surface area contributed by atoms with Crippen LogP contribution in [-0.4, -0.2) is 12.5 Å². The van der Waals surface area contributed by atoms with E-state index in [1.807, 2.05) is 72.8 Å². The van der Waals surface area contributed by atoms with Crippen LogP contribution in [0, 0.1) is 5.92 Å². The molecule has 4 nitrogen and oxygen atoms in total. The van der Waals surface area contributed by atoms with Crippen molar-refractivity contribution in [1.29, 1.82) is 0 Å². The molecule has 0 aliphatic carbocycles. The molecule has 144 valence electrons. The molecule has 3 rings (SSSR count). The molecule has 3 aromatic rings. The fraction of sp³-hybridized carbons (Fsp3) is 0.208. The summed E-state index contributed by atoms with van der Waals surface area (Å²) < 4.78 is 11.5. The monoisotopic (exact) mass is 375 g/mol. The third-order valence-corrected chi connectivity index (χ3v) is 4.06. The van der Waals surface area contributed by atoms with Crippen LogP contribution in [0.3, 0.4) is 0 Å². The Morgan fingerprint density at radius 3 is 2.25 bits per heavy atom. The van der Waals surface area contributed by atoms with Crippen molar-refractivity contribution in [2.45, 2.75) is 20.5 Å². The lowest BCUT2D eigenvalue weighted by Gasteiger charge is -2.13. The van der Waals surface area contributed by atoms with Crippen LogP contribution < -0.4 is 14.8 Å². The van der Waals surface area contributed by atoms with E-state index in [1.165, 1.54) is 0 Å². The smallest absolute Gasteiger partial charge is 0.259 e. The highest BCUT2D eigenvalue weighted by atomic mass is 16.5. The highest BCUT2D eigenvalue weighted by Crippen LogP contribution is 2.22. The number of benzene rings is 3. The number of amides is 1. The van der Waals surface area contributed by atoms with Crippen LogP contribution in [0.2, 0.25) is 0 Å². The zero-order valence-corrected chi connectivity index (χ0v) is 16.2. The van der Waals surface area contributed by atoms with Gasteiger partial charge in [0.2, 0.25) is 0 Å². The van der Waals surface area contributed by atoms with Crippen molar-refractivity contribution in [2.75, 3.05) is 11.9 Å². The Morgan fingerprint density at radius 1 is 0.857 bits per heavy atom. The SMILES string of the molecule is CC(C)COc1ccccc1C(=O)Nc1ccc(OCc2ccccc2)cc1. The van der Waals surface area contributed by atoms with Gasteiger partial charge in [-0.1, -0.05) is 56.3 Å². The molecule has 0 atom stereocenters. The lowest BCUT2D eigenvalue weighted by atomic mass is 10.1. The van der Waals surface area contributed by atoms with E-state index in [9.17, 15) is 4.79 Å². The van der Waals surface area contributed by atoms with E-state index < -0.39 is 0 Å². The lowest BCUT2D eigenvalue weighted by Crippen LogP contribution is -2.15. The average Bonchev–Trinajstić information content (AvgIpc) is 2.72. The maximum atomic E-state index is 12.7. The maximum Gasteiger partial charge on any atom is 0.259 e. The van der Waals surface area contributed by atoms with Gasteiger partial charge in [0.15, 0.2) is 0 Å². The van der Waals surface area contributed by atoms with Gasteiger partial charge in [-0.05, 0) is 47.9 Å². The fourth-order valence-electron chi connectivity index (χ4n) is 2.61. The highest BCUT2D eigenvalue weighted by Gasteiger charge is 2.13. The Balaban J connectivity index is 1.60. The normalized spacial score (nSPS) is 10.5. The van der Waals surface area contributed by atoms with Crippen molar-refractivity contribution in [3.63, 3.8) is 0 Å². The minimum Gasteiger partial charge on any atom is -0.492 e. The van der Waals surface area contributed by atoms with Crippen LogP contribution in [0.1, 0.15) is 29.8 Å². The van der Waals surface area contributed by atoms with Crippen LogP contribution in [0.4, 0.5) is 5.69 Å². The second-order valence-electron chi connectivity index (χ2n) is 6.95. The summed E-state index contributed by atoms with van der Waals surface area (Å²) in [7, 11) is 0. The van der Waals surface area contributed by atoms with Gasteiger partial charge in [0.1, 0.15) is 18.1 Å². The van der Waals surface area contributed by atoms with E-state index in [1.54, 1.807) is 6.07 Å². The first-order chi connectivity index (χ1) is 13.6. The molecule has 4 heteroatoms. The van der Waals surface area contributed by atoms with Crippen LogP contribution in [0.5, 0.6) is 11.5 Å². The molecular weight excluding hydrogens is 350 g/mol. The summed E-state index contributed by atoms with van der Waals surface area (Å²) >= 11 is 0. The number of nitrogens with one attached hydrogen (secondary N) is 1. The zero-order valence-electron chi connectivity index (χ0n) is 16.2. The van der Waals surface area contributed by atoms with Crippen molar-refractivity contribution in [1.82, 2.24) is 0 Å². The summed E-state index contributed by atoms with van der Waals surface area (Å²) in [6.45, 7) is 5.22. The third-order valence-electron chi connectivity index (χ3n) is 4.06. The predicted octanol–water partition coefficient (Wildman–Crippen LogP) is 5.55. The summed E-state index contributed by atoms with van der Waals surface area (Å²) in [6.07, 6.45) is 0. The first kappa shape index (κ1) is 19.5. The Morgan fingerprint density at radius 2 is 1.54 bits per heavy atom. The molecule has 0 heterocycles. The van der Waals surface area contributed by atoms with Gasteiger partial charge in [0.05, 0.1) is 12.2 Å². The van der Waals surface area contributed by atoms with Gasteiger partial charge in [-0.3, -0.25) is 4.79 Å². The fourth-order valence-corrected chi connectivity index (χ4v) is 2.61. The van der Waals surface area contributed by atoms with Gasteiger partial charge in [0, 0.05) is 5.69 Å². The first-order valence-electron chi connectivity index (χ1n) is 9.42. The summed E-state index contributed by atoms with van der Waals surface area (Å²) in [5, 5.41) is 2.91. The minimum absolute atomic E-state index is 0.197. The Labute approximate surface area is 166 Å². The first-order valence-corrected chi connectivity index (χ1v) is 9.42. The number of para-hydroxylation sites is 1. The van der Waals surface area contributed by atoms with Gasteiger partial charge >= 0.3 is 0 Å². The number of anilines is 1. The van der Waals surface area contributed by atoms with Crippen LogP contribution in [-0.2, 0) is 6.61 Å². The van der Waals surface area contributed by atoms with Crippen molar-refractivity contribution < 1.29 is 14.3 Å². The molecular formula is C24H25NO3. The third kappa shape index (κ3) is 5.61. The van der Waals surface area contributed by atoms with Gasteiger partial charge < -0.3 is 14.8 Å². The Bertz CT molecular complexity index is 889. The molecule has 0 aromatic heterocycles. The average molecular weight is 375 g/mol. The van der Waals surface area contributed by atoms with E-state index in [4.69, 9.17) is 9.47 Å². The van der Waals surface area contributed by atoms with Crippen molar-refractivity contribution in [3.05, 3.63) is 90.0 Å². The number of hydrogen-bond donors (Lipinski definition) is 1. The van der Waals surface area contributed by atoms with Crippen LogP contribution in [0.25, 0.3) is 0 Å². The number of carbonyl (C=O) groups excluding carboxylic acids is 1. The summed E-state index contributed by atoms with van der Waals surface area (Å²) in [5.74, 6) is 1.54. The van der Waals surface area contributed by atoms with Gasteiger partial charge in [-0.25, -0.2) is 0 Å². The van der Waals surface area contributed by atoms with Crippen LogP contribution >= 0.6 is 0 Å². The van der Waals surface area contributed by atoms with Crippen LogP contribution in [0.15, 0.2) is 78.9 Å². The molecule has 0 unspecified atom stereocenters. The molecule has 0 aliphatic rings. The predicted molar refractivity (Wildman–Crippen MR) is 112 cm³/mol. The molecule has 0 fully saturated rings. The summed E-state index contributed by atoms with van der Waals surface area (Å²) in [6, 6.07) is 24.6. The second-order valence-corrected chi connectivity index (χ2v) is 6.95. The topological polar surface area (TPSA) is 47.6 Å². The molecule has 1 N–H and O–H groups in total. The minimum atomic E-state index is -0.197. The van der Waals surface area contributed by atoms with Crippen molar-refractivity contribution in [2.24, 2.45) is 5.92 Å². The van der Waals surface area contributed by atoms with E-state index in [0.717, 1.165) is 11.3 Å². The van der Waals surface area contributed by atoms with E-state index in [2.05, 4.69) is 19.2 Å². The largest absolute Gasteiger partial charge is 0.492 e. The summed E-state index contributed by atoms with van der Waals surface area (Å²) in [5.41, 5.74) is 2.33. The summed E-state index contributed by atoms with van der Waals surface area (Å²) in [4.78, 5) is 12.7. The molecule has 0 radical (unpaired) electrons. The number of hydrogen-bond acceptors (Lipinski definition) is 3. The number of carbonyl (C=O) groups is 1. The maximum absolute atomic E-state index is 12.7. The molecule has 0 bridgehead atoms. The number of rotatable bonds is 8. The molecule has 1 amide bonds. The standard InChI is InChI=1S/C24H25NO3/c1-18(2)16-28-23-11-7-6-10-22(23)24(26)25-20-12-14-21(15-13-20)27-17-19-8-4-3-5-9-19/h3-15,18H,16-17H2,1-2H3,(H,25,26). The van der Waals surface area contributed by atoms with Gasteiger partial charge in [0.25, 0.3) is 5.91 Å². The number of ether oxygens (including phenoxy) is 2. The van der Waals surface area contributed by atoms with Gasteiger partial charge in [-0.2, -0.15) is 0 Å². The molecule has 28 heavy (non-hydrogen) atoms. The van der Waals surface area contributed by atoms with E-state index >= 15 is 0 Å². The molecule has 0 saturated carbocycles. The van der Waals surface area contributed by atoms with E-state index in [-0.39, 0.29) is 5.91 Å². The lowest BCUT2D eigenvalue weighted by molar-refractivity contribution is 0.102. The Kier molecular flexibility index (Phi) is 6.68. The molecule has 0 spiro atoms. The van der Waals surface area contributed by atoms with Gasteiger partial charge in [-0.15, -0.1) is 0 Å². The molecule has 3 aromatic carbocycles. The molecule has 0 saturated heterocycles. The zero-order chi connectivity index (χ0) is 19.8. The van der Waals surface area contributed by atoms with E-state index in [0.29, 0.717) is 36.1 Å². The second kappa shape index (κ2) is 9.60. The highest BCUT2D eigenvalue weighted by molar-refractivity contribution is 6.06. The molecule has 0 aliphatic heterocycles. The van der Waals surface area contributed by atoms with Crippen molar-refractivity contribution in [3.8, 4) is 11.5 Å². The Hall–Kier alpha value is -3.27. The van der Waals surface area contributed by atoms with Crippen molar-refractivity contribution >= 4 is 11.6 Å². The quantitative estimate of drug-likeness (QED) is 0.561.